The van der Waals surface area contributed by atoms with Crippen molar-refractivity contribution in [2.24, 2.45) is 5.92 Å². The molecule has 0 aliphatic heterocycles. The van der Waals surface area contributed by atoms with Gasteiger partial charge in [-0.15, -0.1) is 0 Å². The number of benzene rings is 8. The zero-order valence-corrected chi connectivity index (χ0v) is 62.5. The third kappa shape index (κ3) is 29.2. The Balaban J connectivity index is 0.567. The standard InChI is InChI=1S/C91H112F4O10/c1-4-6-8-18-32-70-39-43-72(44-40-70)78-55-57-80(90(94)88(78)92)74-47-51-76(52-48-74)98-60-24-10-12-26-62-100-82-34-20-22-36-84(82)102-64-28-14-16-30-66-104-86(96)59-38-69(3)68-87(97)105-67-31-17-15-29-65-103-85-37-23-21-35-83(85)101-63-27-13-11-25-61-99-77-53-49-75(50-54-77)81-58-56-79(89(93)91(81)95)73-45-41-71(42-46-73)33-19-9-7-5-2/h20-23,34-37,39-58,69H,4-19,24-33,38,59-68H2,1-3H3/t69-/m1/s1. The van der Waals surface area contributed by atoms with E-state index in [1.165, 1.54) is 49.7 Å². The molecule has 0 aromatic heterocycles. The quantitative estimate of drug-likeness (QED) is 0.0208. The maximum Gasteiger partial charge on any atom is 0.306 e. The molecule has 8 aromatic carbocycles. The van der Waals surface area contributed by atoms with E-state index in [-0.39, 0.29) is 53.0 Å². The maximum absolute atomic E-state index is 15.4. The average Bonchev–Trinajstić information content (AvgIpc) is 0.804. The van der Waals surface area contributed by atoms with Crippen LogP contribution in [0.1, 0.15) is 205 Å². The summed E-state index contributed by atoms with van der Waals surface area (Å²) >= 11 is 0. The monoisotopic (exact) mass is 1440 g/mol. The van der Waals surface area contributed by atoms with E-state index in [0.29, 0.717) is 93.0 Å². The highest BCUT2D eigenvalue weighted by Crippen LogP contribution is 2.36. The zero-order valence-electron chi connectivity index (χ0n) is 62.5. The summed E-state index contributed by atoms with van der Waals surface area (Å²) < 4.78 is 109. The third-order valence-electron chi connectivity index (χ3n) is 19.0. The Morgan fingerprint density at radius 1 is 0.305 bits per heavy atom. The van der Waals surface area contributed by atoms with Gasteiger partial charge in [0.15, 0.2) is 46.3 Å². The first kappa shape index (κ1) is 81.9. The van der Waals surface area contributed by atoms with Crippen molar-refractivity contribution in [1.82, 2.24) is 0 Å². The summed E-state index contributed by atoms with van der Waals surface area (Å²) in [6.07, 6.45) is 27.0. The minimum Gasteiger partial charge on any atom is -0.494 e. The maximum atomic E-state index is 15.4. The molecule has 8 rings (SSSR count). The van der Waals surface area contributed by atoms with Crippen LogP contribution in [0.5, 0.6) is 34.5 Å². The molecule has 0 aliphatic rings. The molecule has 0 amide bonds. The average molecular weight is 1440 g/mol. The number of hydrogen-bond donors (Lipinski definition) is 0. The number of rotatable bonds is 53. The lowest BCUT2D eigenvalue weighted by Crippen LogP contribution is -2.13. The summed E-state index contributed by atoms with van der Waals surface area (Å²) in [5.74, 6) is 0.378. The number of aryl methyl sites for hydroxylation is 2. The fourth-order valence-electron chi connectivity index (χ4n) is 12.6. The highest BCUT2D eigenvalue weighted by atomic mass is 19.2. The molecule has 0 N–H and O–H groups in total. The first-order valence-corrected chi connectivity index (χ1v) is 39.1. The molecule has 0 bridgehead atoms. The SMILES string of the molecule is CCCCCCc1ccc(-c2ccc(-c3ccc(OCCCCCCOc4ccccc4OCCCCCCOC(=O)CC[C@@H](C)CC(=O)OCCCCCCOc4ccccc4OCCCCCCOc4ccc(-c5ccc(-c6ccc(CCCCCC)cc6)c(F)c5F)cc4)cc3)c(F)c2F)cc1. The fourth-order valence-corrected chi connectivity index (χ4v) is 12.6. The van der Waals surface area contributed by atoms with Crippen molar-refractivity contribution in [2.45, 2.75) is 207 Å². The summed E-state index contributed by atoms with van der Waals surface area (Å²) in [5, 5.41) is 0. The van der Waals surface area contributed by atoms with Crippen molar-refractivity contribution in [1.29, 1.82) is 0 Å². The van der Waals surface area contributed by atoms with Crippen molar-refractivity contribution < 1.29 is 65.0 Å². The molecule has 0 saturated carbocycles. The number of ether oxygens (including phenoxy) is 8. The molecule has 10 nitrogen and oxygen atoms in total. The molecule has 0 heterocycles. The molecule has 0 saturated heterocycles. The first-order valence-electron chi connectivity index (χ1n) is 39.1. The number of esters is 2. The number of carbonyl (C=O) groups excluding carboxylic acids is 2. The van der Waals surface area contributed by atoms with Crippen LogP contribution in [0.15, 0.2) is 170 Å². The predicted octanol–water partition coefficient (Wildman–Crippen LogP) is 24.7. The minimum absolute atomic E-state index is 0.00541. The molecular formula is C91H112F4O10. The topological polar surface area (TPSA) is 108 Å². The van der Waals surface area contributed by atoms with Gasteiger partial charge in [-0.25, -0.2) is 17.6 Å². The molecular weight excluding hydrogens is 1330 g/mol. The molecule has 8 aromatic rings. The Hall–Kier alpha value is -8.78. The van der Waals surface area contributed by atoms with Crippen molar-refractivity contribution >= 4 is 11.9 Å². The fraction of sp³-hybridized carbons (Fsp3) is 0.451. The van der Waals surface area contributed by atoms with Gasteiger partial charge in [-0.3, -0.25) is 9.59 Å². The van der Waals surface area contributed by atoms with Crippen LogP contribution in [0.2, 0.25) is 0 Å². The van der Waals surface area contributed by atoms with Gasteiger partial charge in [-0.05, 0) is 223 Å². The van der Waals surface area contributed by atoms with Gasteiger partial charge in [-0.2, -0.15) is 0 Å². The lowest BCUT2D eigenvalue weighted by molar-refractivity contribution is -0.147. The molecule has 0 unspecified atom stereocenters. The van der Waals surface area contributed by atoms with E-state index in [4.69, 9.17) is 37.9 Å². The Morgan fingerprint density at radius 2 is 0.581 bits per heavy atom. The van der Waals surface area contributed by atoms with Crippen LogP contribution in [0.3, 0.4) is 0 Å². The number of unbranched alkanes of at least 4 members (excludes halogenated alkanes) is 18. The van der Waals surface area contributed by atoms with Crippen LogP contribution in [0.25, 0.3) is 44.5 Å². The molecule has 0 aliphatic carbocycles. The van der Waals surface area contributed by atoms with E-state index in [1.807, 2.05) is 104 Å². The second-order valence-electron chi connectivity index (χ2n) is 27.6. The van der Waals surface area contributed by atoms with Gasteiger partial charge in [-0.1, -0.05) is 181 Å². The lowest BCUT2D eigenvalue weighted by Gasteiger charge is -2.13. The van der Waals surface area contributed by atoms with Crippen LogP contribution in [0.4, 0.5) is 17.6 Å². The molecule has 564 valence electrons. The highest BCUT2D eigenvalue weighted by molar-refractivity contribution is 5.74. The van der Waals surface area contributed by atoms with Crippen LogP contribution in [0, 0.1) is 29.2 Å². The van der Waals surface area contributed by atoms with Crippen molar-refractivity contribution in [2.75, 3.05) is 52.9 Å². The third-order valence-corrected chi connectivity index (χ3v) is 19.0. The van der Waals surface area contributed by atoms with Gasteiger partial charge in [0.05, 0.1) is 52.9 Å². The normalized spacial score (nSPS) is 11.5. The van der Waals surface area contributed by atoms with E-state index in [9.17, 15) is 9.59 Å². The Morgan fingerprint density at radius 3 is 0.895 bits per heavy atom. The zero-order chi connectivity index (χ0) is 73.9. The predicted molar refractivity (Wildman–Crippen MR) is 415 cm³/mol. The second kappa shape index (κ2) is 47.6. The van der Waals surface area contributed by atoms with E-state index < -0.39 is 23.3 Å². The van der Waals surface area contributed by atoms with Gasteiger partial charge in [0.25, 0.3) is 0 Å². The molecule has 105 heavy (non-hydrogen) atoms. The van der Waals surface area contributed by atoms with E-state index >= 15 is 17.6 Å². The number of halogens is 4. The summed E-state index contributed by atoms with van der Waals surface area (Å²) in [5.41, 5.74) is 5.88. The van der Waals surface area contributed by atoms with Gasteiger partial charge < -0.3 is 37.9 Å². The summed E-state index contributed by atoms with van der Waals surface area (Å²) in [6, 6.07) is 51.9. The Bertz CT molecular complexity index is 3770. The first-order chi connectivity index (χ1) is 51.5. The van der Waals surface area contributed by atoms with Gasteiger partial charge in [0.1, 0.15) is 11.5 Å². The van der Waals surface area contributed by atoms with Crippen LogP contribution in [-0.4, -0.2) is 64.8 Å². The van der Waals surface area contributed by atoms with Crippen molar-refractivity contribution in [3.8, 4) is 79.0 Å². The number of para-hydroxylation sites is 4. The highest BCUT2D eigenvalue weighted by Gasteiger charge is 2.20. The van der Waals surface area contributed by atoms with Crippen LogP contribution in [-0.2, 0) is 31.9 Å². The van der Waals surface area contributed by atoms with E-state index in [1.54, 1.807) is 72.8 Å². The van der Waals surface area contributed by atoms with Gasteiger partial charge >= 0.3 is 11.9 Å². The van der Waals surface area contributed by atoms with Gasteiger partial charge in [0.2, 0.25) is 0 Å². The summed E-state index contributed by atoms with van der Waals surface area (Å²) in [7, 11) is 0. The molecule has 0 fully saturated rings. The smallest absolute Gasteiger partial charge is 0.306 e. The molecule has 0 spiro atoms. The van der Waals surface area contributed by atoms with Crippen LogP contribution < -0.4 is 28.4 Å². The van der Waals surface area contributed by atoms with Crippen LogP contribution >= 0.6 is 0 Å². The van der Waals surface area contributed by atoms with E-state index in [0.717, 1.165) is 151 Å². The molecule has 0 radical (unpaired) electrons. The lowest BCUT2D eigenvalue weighted by atomic mass is 9.97. The number of carbonyl (C=O) groups is 2. The van der Waals surface area contributed by atoms with Crippen molar-refractivity contribution in [3.05, 3.63) is 204 Å². The Kier molecular flexibility index (Phi) is 37.1. The van der Waals surface area contributed by atoms with E-state index in [2.05, 4.69) is 13.8 Å². The summed E-state index contributed by atoms with van der Waals surface area (Å²) in [6.45, 7) is 10.4. The largest absolute Gasteiger partial charge is 0.494 e. The van der Waals surface area contributed by atoms with Crippen molar-refractivity contribution in [3.63, 3.8) is 0 Å². The molecule has 14 heteroatoms. The number of hydrogen-bond acceptors (Lipinski definition) is 10. The Labute approximate surface area is 622 Å². The second-order valence-corrected chi connectivity index (χ2v) is 27.6. The van der Waals surface area contributed by atoms with Gasteiger partial charge in [0, 0.05) is 35.1 Å². The molecule has 1 atom stereocenters. The minimum atomic E-state index is -0.856. The summed E-state index contributed by atoms with van der Waals surface area (Å²) in [4.78, 5) is 25.0.